The monoisotopic (exact) mass is 558 g/mol. The van der Waals surface area contributed by atoms with E-state index in [0.29, 0.717) is 11.8 Å². The van der Waals surface area contributed by atoms with Crippen molar-refractivity contribution < 1.29 is 58.9 Å². The number of carboxylic acid groups (broad SMARTS) is 1. The van der Waals surface area contributed by atoms with E-state index in [1.165, 1.54) is 7.11 Å². The fourth-order valence-electron chi connectivity index (χ4n) is 7.03. The lowest BCUT2D eigenvalue weighted by molar-refractivity contribution is -0.172. The average Bonchev–Trinajstić information content (AvgIpc) is 3.30. The number of carbonyl (C=O) groups excluding carboxylic acids is 3. The number of rotatable bonds is 8. The molecule has 222 valence electrons. The molecule has 6 saturated carbocycles. The lowest BCUT2D eigenvalue weighted by Crippen LogP contribution is -2.48. The summed E-state index contributed by atoms with van der Waals surface area (Å²) in [6.07, 6.45) is 6.56. The third-order valence-corrected chi connectivity index (χ3v) is 9.11. The number of hydrogen-bond acceptors (Lipinski definition) is 11. The first-order chi connectivity index (χ1) is 18.7. The zero-order chi connectivity index (χ0) is 28.7. The van der Waals surface area contributed by atoms with Gasteiger partial charge in [-0.05, 0) is 75.0 Å². The Bertz CT molecular complexity index is 810. The third kappa shape index (κ3) is 7.35. The maximum atomic E-state index is 12.2. The Morgan fingerprint density at radius 2 is 1.23 bits per heavy atom. The lowest BCUT2D eigenvalue weighted by Gasteiger charge is -2.45. The smallest absolute Gasteiger partial charge is 0.317 e. The minimum atomic E-state index is -0.954. The van der Waals surface area contributed by atoms with Crippen LogP contribution in [0.15, 0.2) is 0 Å². The average molecular weight is 559 g/mol. The lowest BCUT2D eigenvalue weighted by atomic mass is 9.58. The van der Waals surface area contributed by atoms with Crippen LogP contribution in [0.25, 0.3) is 0 Å². The highest BCUT2D eigenvalue weighted by Crippen LogP contribution is 2.52. The van der Waals surface area contributed by atoms with Crippen LogP contribution in [0.5, 0.6) is 0 Å². The quantitative estimate of drug-likeness (QED) is 0.200. The summed E-state index contributed by atoms with van der Waals surface area (Å²) in [5.74, 6) is -2.07. The number of carboxylic acids is 1. The Labute approximate surface area is 227 Å². The van der Waals surface area contributed by atoms with Gasteiger partial charge in [0.25, 0.3) is 0 Å². The molecule has 0 aromatic heterocycles. The van der Waals surface area contributed by atoms with Crippen molar-refractivity contribution in [3.8, 4) is 0 Å². The number of aliphatic hydroxyl groups is 4. The number of fused-ring (bicyclic) bond motifs is 5. The van der Waals surface area contributed by atoms with E-state index in [0.717, 1.165) is 51.4 Å². The molecule has 0 radical (unpaired) electrons. The molecule has 0 amide bonds. The van der Waals surface area contributed by atoms with Crippen molar-refractivity contribution in [3.05, 3.63) is 0 Å². The van der Waals surface area contributed by atoms with Gasteiger partial charge >= 0.3 is 23.9 Å². The van der Waals surface area contributed by atoms with E-state index < -0.39 is 36.0 Å². The van der Waals surface area contributed by atoms with Gasteiger partial charge in [0.1, 0.15) is 18.8 Å². The second-order valence-corrected chi connectivity index (χ2v) is 11.2. The summed E-state index contributed by atoms with van der Waals surface area (Å²) in [6, 6.07) is 0. The number of aliphatic hydroxyl groups excluding tert-OH is 4. The summed E-state index contributed by atoms with van der Waals surface area (Å²) in [6.45, 7) is -0.998. The summed E-state index contributed by atoms with van der Waals surface area (Å²) < 4.78 is 14.8. The molecule has 5 unspecified atom stereocenters. The first-order valence-corrected chi connectivity index (χ1v) is 13.8. The minimum Gasteiger partial charge on any atom is -0.481 e. The van der Waals surface area contributed by atoms with E-state index in [1.807, 2.05) is 0 Å². The summed E-state index contributed by atoms with van der Waals surface area (Å²) in [7, 11) is 1.43. The molecule has 1 heterocycles. The molecule has 0 spiro atoms. The van der Waals surface area contributed by atoms with Gasteiger partial charge in [0, 0.05) is 7.11 Å². The van der Waals surface area contributed by atoms with Crippen LogP contribution in [0.2, 0.25) is 0 Å². The molecule has 12 nitrogen and oxygen atoms in total. The van der Waals surface area contributed by atoms with Crippen LogP contribution >= 0.6 is 0 Å². The van der Waals surface area contributed by atoms with Gasteiger partial charge in [-0.2, -0.15) is 0 Å². The Morgan fingerprint density at radius 3 is 1.59 bits per heavy atom. The molecule has 7 rings (SSSR count). The Morgan fingerprint density at radius 1 is 0.795 bits per heavy atom. The number of cyclic esters (lactones) is 2. The highest BCUT2D eigenvalue weighted by Gasteiger charge is 2.56. The van der Waals surface area contributed by atoms with Gasteiger partial charge in [-0.15, -0.1) is 0 Å². The number of carbonyl (C=O) groups is 4. The number of esters is 3. The minimum absolute atomic E-state index is 0.0357. The fourth-order valence-corrected chi connectivity index (χ4v) is 7.03. The molecule has 5 atom stereocenters. The van der Waals surface area contributed by atoms with Crippen LogP contribution < -0.4 is 0 Å². The second kappa shape index (κ2) is 14.5. The van der Waals surface area contributed by atoms with E-state index in [-0.39, 0.29) is 62.0 Å². The molecular formula is C27H42O12. The molecule has 12 heteroatoms. The zero-order valence-corrected chi connectivity index (χ0v) is 22.4. The Balaban J connectivity index is 0.000000188. The van der Waals surface area contributed by atoms with Gasteiger partial charge < -0.3 is 39.7 Å². The van der Waals surface area contributed by atoms with E-state index >= 15 is 0 Å². The second-order valence-electron chi connectivity index (χ2n) is 11.2. The molecule has 39 heavy (non-hydrogen) atoms. The molecule has 7 aliphatic rings. The summed E-state index contributed by atoms with van der Waals surface area (Å²) in [5, 5.41) is 42.4. The van der Waals surface area contributed by atoms with Gasteiger partial charge in [-0.1, -0.05) is 0 Å². The van der Waals surface area contributed by atoms with E-state index in [9.17, 15) is 24.3 Å². The highest BCUT2D eigenvalue weighted by molar-refractivity contribution is 5.97. The van der Waals surface area contributed by atoms with Crippen LogP contribution in [0.1, 0.15) is 51.4 Å². The van der Waals surface area contributed by atoms with Crippen molar-refractivity contribution in [3.63, 3.8) is 0 Å². The molecule has 4 bridgehead atoms. The molecule has 6 aliphatic carbocycles. The maximum Gasteiger partial charge on any atom is 0.317 e. The standard InChI is InChI=1S/C14H22O6.C10H12O3.C3H8O3/c1-19-10(6-15)7-20-14(18)12-9-4-2-8(3-5-9)11(12)13(16)17;11-9-7-5-1-2-6(4-3-5)8(7)10(12)13-9;4-1-3(6)2-5/h8-12,15H,2-7H2,1H3,(H,16,17);5-8H,1-4H2;3-6H,1-2H2. The predicted molar refractivity (Wildman–Crippen MR) is 133 cm³/mol. The molecule has 7 fully saturated rings. The SMILES string of the molecule is COC(CO)COC(=O)C1C2CCC(CC2)C1C(=O)O.O=C1OC(=O)C2C3CCC(CC3)C12.OCC(O)CO. The first kappa shape index (κ1) is 31.4. The first-order valence-electron chi connectivity index (χ1n) is 13.8. The summed E-state index contributed by atoms with van der Waals surface area (Å²) in [4.78, 5) is 46.4. The van der Waals surface area contributed by atoms with Crippen molar-refractivity contribution in [2.45, 2.75) is 63.6 Å². The van der Waals surface area contributed by atoms with Crippen molar-refractivity contribution in [1.82, 2.24) is 0 Å². The number of methoxy groups -OCH3 is 1. The molecule has 0 aromatic carbocycles. The summed E-state index contributed by atoms with van der Waals surface area (Å²) >= 11 is 0. The highest BCUT2D eigenvalue weighted by atomic mass is 16.6. The number of ether oxygens (including phenoxy) is 3. The van der Waals surface area contributed by atoms with Gasteiger partial charge in [0.15, 0.2) is 0 Å². The fraction of sp³-hybridized carbons (Fsp3) is 0.852. The number of hydrogen-bond donors (Lipinski definition) is 5. The molecule has 1 saturated heterocycles. The molecular weight excluding hydrogens is 516 g/mol. The van der Waals surface area contributed by atoms with Gasteiger partial charge in [0.2, 0.25) is 0 Å². The number of aliphatic carboxylic acids is 1. The van der Waals surface area contributed by atoms with E-state index in [2.05, 4.69) is 0 Å². The van der Waals surface area contributed by atoms with E-state index in [1.54, 1.807) is 0 Å². The normalized spacial score (nSPS) is 34.7. The van der Waals surface area contributed by atoms with Crippen molar-refractivity contribution in [2.75, 3.05) is 33.5 Å². The van der Waals surface area contributed by atoms with Crippen LogP contribution in [-0.4, -0.2) is 95.2 Å². The largest absolute Gasteiger partial charge is 0.481 e. The topological polar surface area (TPSA) is 197 Å². The zero-order valence-electron chi connectivity index (χ0n) is 22.4. The Kier molecular flexibility index (Phi) is 11.7. The van der Waals surface area contributed by atoms with Crippen molar-refractivity contribution >= 4 is 23.9 Å². The van der Waals surface area contributed by atoms with Gasteiger partial charge in [-0.3, -0.25) is 19.2 Å². The van der Waals surface area contributed by atoms with Crippen LogP contribution in [0.3, 0.4) is 0 Å². The maximum absolute atomic E-state index is 12.2. The van der Waals surface area contributed by atoms with Crippen LogP contribution in [-0.2, 0) is 33.4 Å². The van der Waals surface area contributed by atoms with Crippen molar-refractivity contribution in [2.24, 2.45) is 47.3 Å². The van der Waals surface area contributed by atoms with Crippen LogP contribution in [0, 0.1) is 47.3 Å². The molecule has 1 aliphatic heterocycles. The summed E-state index contributed by atoms with van der Waals surface area (Å²) in [5.41, 5.74) is 0. The van der Waals surface area contributed by atoms with E-state index in [4.69, 9.17) is 34.6 Å². The Hall–Kier alpha value is -2.12. The predicted octanol–water partition coefficient (Wildman–Crippen LogP) is 0.128. The molecule has 5 N–H and O–H groups in total. The van der Waals surface area contributed by atoms with Crippen molar-refractivity contribution in [1.29, 1.82) is 0 Å². The third-order valence-electron chi connectivity index (χ3n) is 9.11. The van der Waals surface area contributed by atoms with Gasteiger partial charge in [0.05, 0.1) is 43.5 Å². The van der Waals surface area contributed by atoms with Crippen LogP contribution in [0.4, 0.5) is 0 Å². The van der Waals surface area contributed by atoms with Gasteiger partial charge in [-0.25, -0.2) is 0 Å². The molecule has 0 aromatic rings.